The summed E-state index contributed by atoms with van der Waals surface area (Å²) in [7, 11) is 1.38. The van der Waals surface area contributed by atoms with Gasteiger partial charge in [0.05, 0.1) is 30.6 Å². The molecule has 1 saturated heterocycles. The third-order valence-electron chi connectivity index (χ3n) is 4.27. The van der Waals surface area contributed by atoms with Crippen LogP contribution < -0.4 is 10.5 Å². The average Bonchev–Trinajstić information content (AvgIpc) is 2.64. The number of hydrogen-bond donors (Lipinski definition) is 0. The second kappa shape index (κ2) is 7.45. The van der Waals surface area contributed by atoms with Crippen molar-refractivity contribution in [2.45, 2.75) is 12.8 Å². The molecule has 2 aromatic rings. The summed E-state index contributed by atoms with van der Waals surface area (Å²) >= 11 is 12.2. The molecule has 2 heterocycles. The van der Waals surface area contributed by atoms with Gasteiger partial charge in [0.2, 0.25) is 0 Å². The van der Waals surface area contributed by atoms with Crippen LogP contribution in [0, 0.1) is 5.92 Å². The van der Waals surface area contributed by atoms with Crippen LogP contribution in [0.4, 0.5) is 5.69 Å². The first-order valence-electron chi connectivity index (χ1n) is 7.88. The van der Waals surface area contributed by atoms with E-state index in [1.54, 1.807) is 30.5 Å². The highest BCUT2D eigenvalue weighted by Crippen LogP contribution is 2.27. The molecular formula is C17H17Cl2N3O3. The molecule has 3 rings (SSSR count). The zero-order chi connectivity index (χ0) is 18.0. The number of halogens is 2. The second-order valence-corrected chi connectivity index (χ2v) is 6.66. The third kappa shape index (κ3) is 3.65. The fraction of sp³-hybridized carbons (Fsp3) is 0.353. The molecule has 0 unspecified atom stereocenters. The van der Waals surface area contributed by atoms with Crippen LogP contribution in [0.3, 0.4) is 0 Å². The predicted molar refractivity (Wildman–Crippen MR) is 96.8 cm³/mol. The quantitative estimate of drug-likeness (QED) is 0.764. The van der Waals surface area contributed by atoms with Crippen LogP contribution in [0.25, 0.3) is 5.69 Å². The Morgan fingerprint density at radius 3 is 2.68 bits per heavy atom. The molecule has 1 aromatic carbocycles. The number of aromatic nitrogens is 2. The van der Waals surface area contributed by atoms with Crippen molar-refractivity contribution in [2.75, 3.05) is 25.1 Å². The van der Waals surface area contributed by atoms with Gasteiger partial charge in [-0.05, 0) is 37.1 Å². The van der Waals surface area contributed by atoms with Gasteiger partial charge in [-0.2, -0.15) is 9.78 Å². The van der Waals surface area contributed by atoms with Crippen LogP contribution in [-0.2, 0) is 9.53 Å². The first-order chi connectivity index (χ1) is 12.0. The molecular weight excluding hydrogens is 365 g/mol. The molecule has 132 valence electrons. The fourth-order valence-electron chi connectivity index (χ4n) is 2.97. The molecule has 1 aliphatic rings. The van der Waals surface area contributed by atoms with Crippen LogP contribution in [0.5, 0.6) is 0 Å². The molecule has 25 heavy (non-hydrogen) atoms. The van der Waals surface area contributed by atoms with E-state index in [1.165, 1.54) is 11.8 Å². The lowest BCUT2D eigenvalue weighted by Crippen LogP contribution is -2.40. The molecule has 1 atom stereocenters. The summed E-state index contributed by atoms with van der Waals surface area (Å²) in [6.07, 6.45) is 3.13. The number of ether oxygens (including phenoxy) is 1. The number of piperidine rings is 1. The van der Waals surface area contributed by atoms with Crippen LogP contribution in [-0.4, -0.2) is 35.9 Å². The Labute approximate surface area is 154 Å². The van der Waals surface area contributed by atoms with E-state index in [9.17, 15) is 9.59 Å². The lowest BCUT2D eigenvalue weighted by Gasteiger charge is -2.33. The number of rotatable bonds is 3. The van der Waals surface area contributed by atoms with Gasteiger partial charge < -0.3 is 9.64 Å². The Morgan fingerprint density at radius 2 is 2.00 bits per heavy atom. The number of anilines is 1. The third-order valence-corrected chi connectivity index (χ3v) is 4.88. The topological polar surface area (TPSA) is 64.4 Å². The van der Waals surface area contributed by atoms with E-state index >= 15 is 0 Å². The van der Waals surface area contributed by atoms with Crippen molar-refractivity contribution < 1.29 is 9.53 Å². The first-order valence-corrected chi connectivity index (χ1v) is 8.63. The summed E-state index contributed by atoms with van der Waals surface area (Å²) in [5.74, 6) is -0.475. The largest absolute Gasteiger partial charge is 0.469 e. The molecule has 0 radical (unpaired) electrons. The normalized spacial score (nSPS) is 17.4. The molecule has 1 aliphatic heterocycles. The molecule has 0 spiro atoms. The fourth-order valence-corrected chi connectivity index (χ4v) is 3.34. The van der Waals surface area contributed by atoms with Gasteiger partial charge in [0, 0.05) is 18.1 Å². The summed E-state index contributed by atoms with van der Waals surface area (Å²) < 4.78 is 6.05. The van der Waals surface area contributed by atoms with Gasteiger partial charge in [-0.3, -0.25) is 9.59 Å². The van der Waals surface area contributed by atoms with Crippen molar-refractivity contribution in [1.82, 2.24) is 9.78 Å². The van der Waals surface area contributed by atoms with Crippen LogP contribution in [0.15, 0.2) is 35.3 Å². The summed E-state index contributed by atoms with van der Waals surface area (Å²) in [5.41, 5.74) is 0.695. The van der Waals surface area contributed by atoms with E-state index in [0.29, 0.717) is 29.5 Å². The van der Waals surface area contributed by atoms with Gasteiger partial charge in [-0.1, -0.05) is 23.2 Å². The van der Waals surface area contributed by atoms with E-state index in [1.807, 2.05) is 4.90 Å². The van der Waals surface area contributed by atoms with Crippen molar-refractivity contribution in [3.05, 3.63) is 50.9 Å². The van der Waals surface area contributed by atoms with E-state index in [-0.39, 0.29) is 16.9 Å². The van der Waals surface area contributed by atoms with Crippen molar-refractivity contribution in [3.8, 4) is 5.69 Å². The number of nitrogens with zero attached hydrogens (tertiary/aromatic N) is 3. The standard InChI is InChI=1S/C17H17Cl2N3O3/c1-25-17(24)11-3-2-8-21(10-11)14-9-20-22(16(23)15(14)19)13-6-4-12(18)5-7-13/h4-7,9,11H,2-3,8,10H2,1H3/t11-/m0/s1. The summed E-state index contributed by atoms with van der Waals surface area (Å²) in [6.45, 7) is 1.16. The lowest BCUT2D eigenvalue weighted by molar-refractivity contribution is -0.145. The van der Waals surface area contributed by atoms with Gasteiger partial charge in [-0.25, -0.2) is 0 Å². The highest BCUT2D eigenvalue weighted by atomic mass is 35.5. The Balaban J connectivity index is 1.91. The number of benzene rings is 1. The number of methoxy groups -OCH3 is 1. The van der Waals surface area contributed by atoms with Gasteiger partial charge in [0.15, 0.2) is 0 Å². The summed E-state index contributed by atoms with van der Waals surface area (Å²) in [6, 6.07) is 6.75. The van der Waals surface area contributed by atoms with E-state index in [2.05, 4.69) is 5.10 Å². The lowest BCUT2D eigenvalue weighted by atomic mass is 9.98. The number of hydrogen-bond acceptors (Lipinski definition) is 5. The Kier molecular flexibility index (Phi) is 5.30. The first kappa shape index (κ1) is 17.8. The molecule has 6 nitrogen and oxygen atoms in total. The Hall–Kier alpha value is -2.05. The monoisotopic (exact) mass is 381 g/mol. The minimum Gasteiger partial charge on any atom is -0.469 e. The minimum atomic E-state index is -0.415. The Bertz CT molecular complexity index is 836. The van der Waals surface area contributed by atoms with Gasteiger partial charge in [0.1, 0.15) is 5.02 Å². The van der Waals surface area contributed by atoms with Gasteiger partial charge in [-0.15, -0.1) is 0 Å². The van der Waals surface area contributed by atoms with Gasteiger partial charge >= 0.3 is 5.97 Å². The maximum absolute atomic E-state index is 12.6. The maximum atomic E-state index is 12.6. The number of carbonyl (C=O) groups is 1. The molecule has 0 bridgehead atoms. The van der Waals surface area contributed by atoms with Gasteiger partial charge in [0.25, 0.3) is 5.56 Å². The molecule has 0 aliphatic carbocycles. The zero-order valence-electron chi connectivity index (χ0n) is 13.6. The van der Waals surface area contributed by atoms with Crippen LogP contribution in [0.2, 0.25) is 10.0 Å². The van der Waals surface area contributed by atoms with Crippen LogP contribution >= 0.6 is 23.2 Å². The Morgan fingerprint density at radius 1 is 1.28 bits per heavy atom. The predicted octanol–water partition coefficient (Wildman–Crippen LogP) is 2.93. The zero-order valence-corrected chi connectivity index (χ0v) is 15.1. The average molecular weight is 382 g/mol. The van der Waals surface area contributed by atoms with Crippen molar-refractivity contribution >= 4 is 34.9 Å². The maximum Gasteiger partial charge on any atom is 0.310 e. The molecule has 0 N–H and O–H groups in total. The summed E-state index contributed by atoms with van der Waals surface area (Å²) in [4.78, 5) is 26.3. The minimum absolute atomic E-state index is 0.0791. The second-order valence-electron chi connectivity index (χ2n) is 5.85. The molecule has 1 aromatic heterocycles. The summed E-state index contributed by atoms with van der Waals surface area (Å²) in [5, 5.41) is 4.87. The molecule has 8 heteroatoms. The van der Waals surface area contributed by atoms with Crippen LogP contribution in [0.1, 0.15) is 12.8 Å². The molecule has 0 amide bonds. The van der Waals surface area contributed by atoms with Crippen molar-refractivity contribution in [3.63, 3.8) is 0 Å². The smallest absolute Gasteiger partial charge is 0.310 e. The highest BCUT2D eigenvalue weighted by Gasteiger charge is 2.28. The van der Waals surface area contributed by atoms with E-state index in [4.69, 9.17) is 27.9 Å². The van der Waals surface area contributed by atoms with Crippen molar-refractivity contribution in [1.29, 1.82) is 0 Å². The highest BCUT2D eigenvalue weighted by molar-refractivity contribution is 6.33. The number of carbonyl (C=O) groups excluding carboxylic acids is 1. The van der Waals surface area contributed by atoms with E-state index in [0.717, 1.165) is 12.8 Å². The molecule has 1 fully saturated rings. The molecule has 0 saturated carbocycles. The van der Waals surface area contributed by atoms with Crippen molar-refractivity contribution in [2.24, 2.45) is 5.92 Å². The number of esters is 1. The SMILES string of the molecule is COC(=O)[C@H]1CCCN(c2cnn(-c3ccc(Cl)cc3)c(=O)c2Cl)C1. The van der Waals surface area contributed by atoms with E-state index < -0.39 is 5.56 Å².